The molecule has 0 aliphatic heterocycles. The van der Waals surface area contributed by atoms with E-state index >= 15 is 0 Å². The summed E-state index contributed by atoms with van der Waals surface area (Å²) in [5.74, 6) is -0.269. The minimum Gasteiger partial charge on any atom is -0.352 e. The lowest BCUT2D eigenvalue weighted by atomic mass is 10.1. The molecule has 0 unspecified atom stereocenters. The molecule has 0 saturated carbocycles. The number of urea groups is 1. The molecule has 0 fully saturated rings. The van der Waals surface area contributed by atoms with Crippen LogP contribution in [0.25, 0.3) is 0 Å². The van der Waals surface area contributed by atoms with Crippen molar-refractivity contribution in [1.82, 2.24) is 5.32 Å². The second-order valence-corrected chi connectivity index (χ2v) is 8.05. The quantitative estimate of drug-likeness (QED) is 0.371. The zero-order valence-electron chi connectivity index (χ0n) is 18.3. The van der Waals surface area contributed by atoms with Gasteiger partial charge in [-0.1, -0.05) is 41.4 Å². The number of alkyl halides is 3. The van der Waals surface area contributed by atoms with Crippen LogP contribution in [0.3, 0.4) is 0 Å². The second kappa shape index (κ2) is 11.1. The number of hydrogen-bond acceptors (Lipinski definition) is 2. The lowest BCUT2D eigenvalue weighted by Gasteiger charge is -2.24. The molecule has 34 heavy (non-hydrogen) atoms. The molecule has 0 aliphatic rings. The fraction of sp³-hybridized carbons (Fsp3) is 0.200. The fourth-order valence-electron chi connectivity index (χ4n) is 3.20. The largest absolute Gasteiger partial charge is 0.416 e. The number of carbonyl (C=O) groups excluding carboxylic acids is 2. The number of amides is 3. The Morgan fingerprint density at radius 1 is 0.971 bits per heavy atom. The molecule has 3 aromatic rings. The average molecular weight is 490 g/mol. The monoisotopic (exact) mass is 489 g/mol. The van der Waals surface area contributed by atoms with Crippen molar-refractivity contribution in [3.05, 3.63) is 94.5 Å². The lowest BCUT2D eigenvalue weighted by molar-refractivity contribution is -0.137. The number of nitrogens with zero attached hydrogens (tertiary/aromatic N) is 1. The van der Waals surface area contributed by atoms with E-state index in [-0.39, 0.29) is 24.7 Å². The van der Waals surface area contributed by atoms with Gasteiger partial charge >= 0.3 is 12.2 Å². The SMILES string of the molecule is Cc1ccc(C(=O)NCCCN(C(=O)Nc2cccc(Cl)c2)c2cccc(C(F)(F)F)c2)cc1. The van der Waals surface area contributed by atoms with E-state index < -0.39 is 17.8 Å². The van der Waals surface area contributed by atoms with E-state index in [0.29, 0.717) is 22.7 Å². The number of halogens is 4. The minimum atomic E-state index is -4.55. The van der Waals surface area contributed by atoms with Crippen molar-refractivity contribution in [3.63, 3.8) is 0 Å². The summed E-state index contributed by atoms with van der Waals surface area (Å²) >= 11 is 5.96. The van der Waals surface area contributed by atoms with Gasteiger partial charge in [0.05, 0.1) is 5.56 Å². The summed E-state index contributed by atoms with van der Waals surface area (Å²) in [6.45, 7) is 2.22. The van der Waals surface area contributed by atoms with Crippen LogP contribution in [-0.2, 0) is 6.18 Å². The lowest BCUT2D eigenvalue weighted by Crippen LogP contribution is -2.37. The standard InChI is InChI=1S/C25H23ClF3N3O2/c1-17-9-11-18(12-10-17)23(33)30-13-4-14-32(22-8-2-5-19(15-22)25(27,28)29)24(34)31-21-7-3-6-20(26)16-21/h2-3,5-12,15-16H,4,13-14H2,1H3,(H,30,33)(H,31,34). The predicted octanol–water partition coefficient (Wildman–Crippen LogP) is 6.53. The highest BCUT2D eigenvalue weighted by Crippen LogP contribution is 2.32. The van der Waals surface area contributed by atoms with E-state index in [0.717, 1.165) is 17.7 Å². The molecule has 0 aliphatic carbocycles. The summed E-state index contributed by atoms with van der Waals surface area (Å²) in [6.07, 6.45) is -4.23. The third-order valence-corrected chi connectivity index (χ3v) is 5.20. The van der Waals surface area contributed by atoms with Crippen LogP contribution >= 0.6 is 11.6 Å². The van der Waals surface area contributed by atoms with E-state index in [2.05, 4.69) is 10.6 Å². The smallest absolute Gasteiger partial charge is 0.352 e. The Morgan fingerprint density at radius 3 is 2.35 bits per heavy atom. The molecule has 0 saturated heterocycles. The van der Waals surface area contributed by atoms with E-state index in [1.807, 2.05) is 19.1 Å². The van der Waals surface area contributed by atoms with Crippen LogP contribution in [-0.4, -0.2) is 25.0 Å². The van der Waals surface area contributed by atoms with Gasteiger partial charge < -0.3 is 10.6 Å². The molecule has 0 radical (unpaired) electrons. The third kappa shape index (κ3) is 6.99. The molecule has 0 spiro atoms. The Bertz CT molecular complexity index is 1150. The van der Waals surface area contributed by atoms with E-state index in [9.17, 15) is 22.8 Å². The Hall–Kier alpha value is -3.52. The Kier molecular flexibility index (Phi) is 8.17. The third-order valence-electron chi connectivity index (χ3n) is 4.96. The molecule has 2 N–H and O–H groups in total. The van der Waals surface area contributed by atoms with Gasteiger partial charge in [0.1, 0.15) is 0 Å². The zero-order valence-corrected chi connectivity index (χ0v) is 19.1. The first-order chi connectivity index (χ1) is 16.1. The van der Waals surface area contributed by atoms with Crippen LogP contribution in [0.4, 0.5) is 29.3 Å². The molecule has 178 valence electrons. The number of aryl methyl sites for hydroxylation is 1. The molecule has 0 atom stereocenters. The van der Waals surface area contributed by atoms with E-state index in [1.54, 1.807) is 30.3 Å². The van der Waals surface area contributed by atoms with Crippen molar-refractivity contribution in [2.75, 3.05) is 23.3 Å². The fourth-order valence-corrected chi connectivity index (χ4v) is 3.39. The molecule has 3 rings (SSSR count). The molecule has 9 heteroatoms. The van der Waals surface area contributed by atoms with Crippen LogP contribution in [0.15, 0.2) is 72.8 Å². The number of benzene rings is 3. The minimum absolute atomic E-state index is 0.0713. The number of carbonyl (C=O) groups is 2. The molecule has 3 amide bonds. The maximum absolute atomic E-state index is 13.2. The number of anilines is 2. The molecule has 0 heterocycles. The summed E-state index contributed by atoms with van der Waals surface area (Å²) in [5.41, 5.74) is 1.15. The average Bonchev–Trinajstić information content (AvgIpc) is 2.79. The first-order valence-electron chi connectivity index (χ1n) is 10.5. The Balaban J connectivity index is 1.71. The van der Waals surface area contributed by atoms with E-state index in [4.69, 9.17) is 11.6 Å². The van der Waals surface area contributed by atoms with Crippen molar-refractivity contribution in [1.29, 1.82) is 0 Å². The molecular formula is C25H23ClF3N3O2. The number of nitrogens with one attached hydrogen (secondary N) is 2. The van der Waals surface area contributed by atoms with Crippen LogP contribution in [0.1, 0.15) is 27.9 Å². The van der Waals surface area contributed by atoms with Crippen molar-refractivity contribution in [2.45, 2.75) is 19.5 Å². The molecule has 5 nitrogen and oxygen atoms in total. The van der Waals surface area contributed by atoms with Gasteiger partial charge in [-0.2, -0.15) is 13.2 Å². The van der Waals surface area contributed by atoms with Gasteiger partial charge in [0.2, 0.25) is 0 Å². The topological polar surface area (TPSA) is 61.4 Å². The first kappa shape index (κ1) is 25.1. The van der Waals surface area contributed by atoms with Crippen molar-refractivity contribution >= 4 is 34.9 Å². The van der Waals surface area contributed by atoms with Gasteiger partial charge in [0.15, 0.2) is 0 Å². The maximum Gasteiger partial charge on any atom is 0.416 e. The van der Waals surface area contributed by atoms with E-state index in [1.165, 1.54) is 23.1 Å². The van der Waals surface area contributed by atoms with Crippen molar-refractivity contribution in [3.8, 4) is 0 Å². The van der Waals surface area contributed by atoms with Crippen LogP contribution in [0.2, 0.25) is 5.02 Å². The highest BCUT2D eigenvalue weighted by molar-refractivity contribution is 6.30. The summed E-state index contributed by atoms with van der Waals surface area (Å²) in [5, 5.41) is 5.82. The molecular weight excluding hydrogens is 467 g/mol. The summed E-state index contributed by atoms with van der Waals surface area (Å²) in [7, 11) is 0. The second-order valence-electron chi connectivity index (χ2n) is 7.62. The Labute approximate surface area is 200 Å². The Morgan fingerprint density at radius 2 is 1.68 bits per heavy atom. The highest BCUT2D eigenvalue weighted by Gasteiger charge is 2.31. The highest BCUT2D eigenvalue weighted by atomic mass is 35.5. The van der Waals surface area contributed by atoms with Gasteiger partial charge in [0.25, 0.3) is 5.91 Å². The van der Waals surface area contributed by atoms with Crippen molar-refractivity contribution < 1.29 is 22.8 Å². The number of hydrogen-bond donors (Lipinski definition) is 2. The van der Waals surface area contributed by atoms with Gasteiger partial charge in [0, 0.05) is 35.1 Å². The van der Waals surface area contributed by atoms with Crippen molar-refractivity contribution in [2.24, 2.45) is 0 Å². The first-order valence-corrected chi connectivity index (χ1v) is 10.9. The van der Waals surface area contributed by atoms with Gasteiger partial charge in [-0.15, -0.1) is 0 Å². The summed E-state index contributed by atoms with van der Waals surface area (Å²) in [4.78, 5) is 26.5. The van der Waals surface area contributed by atoms with Gasteiger partial charge in [-0.05, 0) is 61.9 Å². The molecule has 3 aromatic carbocycles. The molecule has 0 bridgehead atoms. The van der Waals surface area contributed by atoms with Gasteiger partial charge in [-0.25, -0.2) is 4.79 Å². The van der Waals surface area contributed by atoms with Crippen LogP contribution < -0.4 is 15.5 Å². The summed E-state index contributed by atoms with van der Waals surface area (Å²) < 4.78 is 39.7. The normalized spacial score (nSPS) is 11.1. The summed E-state index contributed by atoms with van der Waals surface area (Å²) in [6, 6.07) is 17.4. The molecule has 0 aromatic heterocycles. The maximum atomic E-state index is 13.2. The number of rotatable bonds is 7. The van der Waals surface area contributed by atoms with Crippen LogP contribution in [0, 0.1) is 6.92 Å². The van der Waals surface area contributed by atoms with Gasteiger partial charge in [-0.3, -0.25) is 9.69 Å². The van der Waals surface area contributed by atoms with Crippen LogP contribution in [0.5, 0.6) is 0 Å². The zero-order chi connectivity index (χ0) is 24.7. The predicted molar refractivity (Wildman–Crippen MR) is 127 cm³/mol.